The number of primary amides is 1. The molecule has 0 heterocycles. The van der Waals surface area contributed by atoms with Gasteiger partial charge in [0.1, 0.15) is 0 Å². The van der Waals surface area contributed by atoms with Crippen molar-refractivity contribution in [1.82, 2.24) is 0 Å². The number of carbonyl (C=O) groups is 1. The first-order chi connectivity index (χ1) is 7.89. The van der Waals surface area contributed by atoms with E-state index in [4.69, 9.17) is 5.73 Å². The number of hydrogen-bond donors (Lipinski definition) is 2. The Kier molecular flexibility index (Phi) is 2.77. The molecule has 2 rings (SSSR count). The van der Waals surface area contributed by atoms with Crippen molar-refractivity contribution >= 4 is 30.2 Å². The van der Waals surface area contributed by atoms with Crippen molar-refractivity contribution in [2.24, 2.45) is 5.73 Å². The molecule has 88 valence electrons. The number of amides is 1. The van der Waals surface area contributed by atoms with Crippen LogP contribution < -0.4 is 10.9 Å². The summed E-state index contributed by atoms with van der Waals surface area (Å²) in [7, 11) is -2.41. The van der Waals surface area contributed by atoms with Crippen molar-refractivity contribution in [3.8, 4) is 0 Å². The molecule has 17 heavy (non-hydrogen) atoms. The summed E-state index contributed by atoms with van der Waals surface area (Å²) in [5.74, 6) is -0.445. The van der Waals surface area contributed by atoms with Crippen LogP contribution in [0, 0.1) is 0 Å². The molecule has 2 aromatic carbocycles. The Balaban J connectivity index is 2.77. The second-order valence-corrected chi connectivity index (χ2v) is 8.32. The highest BCUT2D eigenvalue weighted by molar-refractivity contribution is 6.85. The number of fused-ring (bicyclic) bond motifs is 1. The van der Waals surface area contributed by atoms with Crippen molar-refractivity contribution in [3.63, 3.8) is 0 Å². The molecule has 0 aromatic heterocycles. The van der Waals surface area contributed by atoms with Crippen LogP contribution in [-0.2, 0) is 0 Å². The van der Waals surface area contributed by atoms with Crippen molar-refractivity contribution in [2.75, 3.05) is 0 Å². The third-order valence-corrected chi connectivity index (χ3v) is 4.58. The van der Waals surface area contributed by atoms with Gasteiger partial charge in [0.05, 0.1) is 0 Å². The van der Waals surface area contributed by atoms with E-state index in [0.717, 1.165) is 16.0 Å². The Morgan fingerprint density at radius 2 is 1.94 bits per heavy atom. The van der Waals surface area contributed by atoms with E-state index in [0.29, 0.717) is 5.56 Å². The average Bonchev–Trinajstić information content (AvgIpc) is 2.26. The maximum absolute atomic E-state index is 11.2. The predicted octanol–water partition coefficient (Wildman–Crippen LogP) is 1.34. The minimum atomic E-state index is -2.41. The van der Waals surface area contributed by atoms with Gasteiger partial charge < -0.3 is 10.5 Å². The molecular weight excluding hydrogens is 230 g/mol. The van der Waals surface area contributed by atoms with Gasteiger partial charge >= 0.3 is 0 Å². The average molecular weight is 245 g/mol. The van der Waals surface area contributed by atoms with Crippen LogP contribution in [0.15, 0.2) is 36.4 Å². The number of nitrogens with two attached hydrogens (primary N) is 1. The first-order valence-corrected chi connectivity index (χ1v) is 8.40. The van der Waals surface area contributed by atoms with Gasteiger partial charge in [0.2, 0.25) is 14.2 Å². The van der Waals surface area contributed by atoms with E-state index in [1.54, 1.807) is 12.1 Å². The van der Waals surface area contributed by atoms with Crippen LogP contribution in [0.2, 0.25) is 13.1 Å². The second-order valence-electron chi connectivity index (χ2n) is 4.66. The monoisotopic (exact) mass is 245 g/mol. The van der Waals surface area contributed by atoms with Gasteiger partial charge in [-0.1, -0.05) is 24.3 Å². The smallest absolute Gasteiger partial charge is 0.248 e. The minimum Gasteiger partial charge on any atom is -0.428 e. The lowest BCUT2D eigenvalue weighted by Gasteiger charge is -2.17. The fourth-order valence-electron chi connectivity index (χ4n) is 1.96. The maximum Gasteiger partial charge on any atom is 0.248 e. The molecule has 2 aromatic rings. The Bertz CT molecular complexity index is 587. The number of carbonyl (C=O) groups excluding carboxylic acids is 1. The number of hydrogen-bond acceptors (Lipinski definition) is 2. The molecule has 0 spiro atoms. The normalized spacial score (nSPS) is 11.7. The van der Waals surface area contributed by atoms with Crippen LogP contribution in [-0.4, -0.2) is 19.0 Å². The molecule has 4 heteroatoms. The number of rotatable bonds is 2. The van der Waals surface area contributed by atoms with Crippen LogP contribution >= 0.6 is 0 Å². The summed E-state index contributed by atoms with van der Waals surface area (Å²) in [6, 6.07) is 11.1. The fraction of sp³-hybridized carbons (Fsp3) is 0.154. The zero-order valence-corrected chi connectivity index (χ0v) is 10.9. The first-order valence-electron chi connectivity index (χ1n) is 5.45. The molecular formula is C13H15NO2Si. The highest BCUT2D eigenvalue weighted by Gasteiger charge is 2.22. The topological polar surface area (TPSA) is 63.3 Å². The van der Waals surface area contributed by atoms with Crippen LogP contribution in [0.1, 0.15) is 10.4 Å². The Labute approximate surface area is 101 Å². The Morgan fingerprint density at radius 3 is 2.53 bits per heavy atom. The third kappa shape index (κ3) is 2.23. The molecule has 3 nitrogen and oxygen atoms in total. The summed E-state index contributed by atoms with van der Waals surface area (Å²) in [5, 5.41) is 2.86. The minimum absolute atomic E-state index is 0.445. The molecule has 0 aliphatic carbocycles. The summed E-state index contributed by atoms with van der Waals surface area (Å²) >= 11 is 0. The molecule has 0 radical (unpaired) electrons. The van der Waals surface area contributed by atoms with E-state index in [-0.39, 0.29) is 0 Å². The van der Waals surface area contributed by atoms with Crippen LogP contribution in [0.25, 0.3) is 10.8 Å². The largest absolute Gasteiger partial charge is 0.428 e. The zero-order chi connectivity index (χ0) is 12.6. The zero-order valence-electron chi connectivity index (χ0n) is 9.90. The van der Waals surface area contributed by atoms with Gasteiger partial charge in [-0.25, -0.2) is 0 Å². The van der Waals surface area contributed by atoms with E-state index in [2.05, 4.69) is 0 Å². The summed E-state index contributed by atoms with van der Waals surface area (Å²) in [6.45, 7) is 3.72. The van der Waals surface area contributed by atoms with Gasteiger partial charge in [0.15, 0.2) is 0 Å². The third-order valence-electron chi connectivity index (χ3n) is 2.83. The number of benzene rings is 2. The van der Waals surface area contributed by atoms with Crippen LogP contribution in [0.5, 0.6) is 0 Å². The van der Waals surface area contributed by atoms with E-state index < -0.39 is 14.2 Å². The first kappa shape index (κ1) is 11.8. The quantitative estimate of drug-likeness (QED) is 0.784. The lowest BCUT2D eigenvalue weighted by atomic mass is 10.1. The summed E-state index contributed by atoms with van der Waals surface area (Å²) < 4.78 is 0. The van der Waals surface area contributed by atoms with Gasteiger partial charge in [0, 0.05) is 5.56 Å². The van der Waals surface area contributed by atoms with Crippen molar-refractivity contribution < 1.29 is 9.59 Å². The van der Waals surface area contributed by atoms with Crippen LogP contribution in [0.3, 0.4) is 0 Å². The van der Waals surface area contributed by atoms with E-state index in [1.807, 2.05) is 37.4 Å². The van der Waals surface area contributed by atoms with Crippen molar-refractivity contribution in [2.45, 2.75) is 13.1 Å². The Morgan fingerprint density at radius 1 is 1.24 bits per heavy atom. The molecule has 0 saturated heterocycles. The van der Waals surface area contributed by atoms with Crippen molar-refractivity contribution in [1.29, 1.82) is 0 Å². The fourth-order valence-corrected chi connectivity index (χ4v) is 3.34. The molecule has 0 aliphatic heterocycles. The van der Waals surface area contributed by atoms with Gasteiger partial charge in [0.25, 0.3) is 0 Å². The highest BCUT2D eigenvalue weighted by atomic mass is 28.4. The Hall–Kier alpha value is -1.65. The van der Waals surface area contributed by atoms with Crippen LogP contribution in [0.4, 0.5) is 0 Å². The van der Waals surface area contributed by atoms with Gasteiger partial charge in [-0.05, 0) is 41.2 Å². The molecule has 0 fully saturated rings. The van der Waals surface area contributed by atoms with Crippen molar-refractivity contribution in [3.05, 3.63) is 42.0 Å². The molecule has 1 amide bonds. The summed E-state index contributed by atoms with van der Waals surface area (Å²) in [4.78, 5) is 21.4. The van der Waals surface area contributed by atoms with Gasteiger partial charge in [-0.2, -0.15) is 0 Å². The molecule has 0 aliphatic rings. The summed E-state index contributed by atoms with van der Waals surface area (Å²) in [6.07, 6.45) is 0. The standard InChI is InChI=1S/C13H15NO2Si/c1-17(2,16)12-5-3-4-9-6-7-10(13(14)15)8-11(9)12/h3-8,16H,1-2H3,(H2,14,15). The van der Waals surface area contributed by atoms with Gasteiger partial charge in [-0.3, -0.25) is 4.79 Å². The molecule has 0 saturated carbocycles. The second kappa shape index (κ2) is 3.98. The molecule has 3 N–H and O–H groups in total. The maximum atomic E-state index is 11.2. The van der Waals surface area contributed by atoms with E-state index in [1.165, 1.54) is 0 Å². The molecule has 0 atom stereocenters. The van der Waals surface area contributed by atoms with Gasteiger partial charge in [-0.15, -0.1) is 0 Å². The van der Waals surface area contributed by atoms with E-state index in [9.17, 15) is 9.59 Å². The SMILES string of the molecule is C[Si](C)(O)c1cccc2ccc(C(N)=O)cc12. The predicted molar refractivity (Wildman–Crippen MR) is 71.8 cm³/mol. The van der Waals surface area contributed by atoms with E-state index >= 15 is 0 Å². The summed E-state index contributed by atoms with van der Waals surface area (Å²) in [5.41, 5.74) is 5.75. The highest BCUT2D eigenvalue weighted by Crippen LogP contribution is 2.16. The lowest BCUT2D eigenvalue weighted by Crippen LogP contribution is -2.41. The molecule has 0 unspecified atom stereocenters. The lowest BCUT2D eigenvalue weighted by molar-refractivity contribution is 0.100. The molecule has 0 bridgehead atoms.